The molecule has 0 saturated heterocycles. The van der Waals surface area contributed by atoms with Gasteiger partial charge in [-0.25, -0.2) is 0 Å². The van der Waals surface area contributed by atoms with E-state index in [1.54, 1.807) is 0 Å². The minimum Gasteiger partial charge on any atom is -0.494 e. The molecular formula is C19H27NO2. The monoisotopic (exact) mass is 301 g/mol. The first-order valence-electron chi connectivity index (χ1n) is 8.69. The van der Waals surface area contributed by atoms with Crippen LogP contribution in [0.1, 0.15) is 45.4 Å². The number of hydrogen-bond acceptors (Lipinski definition) is 2. The lowest BCUT2D eigenvalue weighted by atomic mass is 9.84. The second-order valence-corrected chi connectivity index (χ2v) is 6.96. The molecule has 0 unspecified atom stereocenters. The number of rotatable bonds is 7. The summed E-state index contributed by atoms with van der Waals surface area (Å²) < 4.78 is 5.62. The number of hydrogen-bond donors (Lipinski definition) is 1. The van der Waals surface area contributed by atoms with Gasteiger partial charge in [0.2, 0.25) is 5.91 Å². The molecule has 1 aromatic carbocycles. The van der Waals surface area contributed by atoms with Crippen LogP contribution < -0.4 is 10.1 Å². The topological polar surface area (TPSA) is 38.3 Å². The SMILES string of the molecule is C[C@@H](NC(=O)CCCOc1ccccc1)[C@@H]1C[C@H]2CC[C@H]1C2. The van der Waals surface area contributed by atoms with Crippen molar-refractivity contribution in [2.24, 2.45) is 17.8 Å². The van der Waals surface area contributed by atoms with Gasteiger partial charge in [-0.2, -0.15) is 0 Å². The maximum absolute atomic E-state index is 12.1. The van der Waals surface area contributed by atoms with Gasteiger partial charge in [-0.05, 0) is 62.5 Å². The summed E-state index contributed by atoms with van der Waals surface area (Å²) in [5.74, 6) is 3.56. The van der Waals surface area contributed by atoms with Gasteiger partial charge in [-0.15, -0.1) is 0 Å². The van der Waals surface area contributed by atoms with Crippen LogP contribution in [-0.2, 0) is 4.79 Å². The molecule has 120 valence electrons. The highest BCUT2D eigenvalue weighted by atomic mass is 16.5. The minimum atomic E-state index is 0.173. The lowest BCUT2D eigenvalue weighted by Crippen LogP contribution is -2.40. The average Bonchev–Trinajstić information content (AvgIpc) is 3.15. The van der Waals surface area contributed by atoms with Crippen molar-refractivity contribution in [2.45, 2.75) is 51.5 Å². The molecule has 2 aliphatic carbocycles. The van der Waals surface area contributed by atoms with Crippen LogP contribution in [-0.4, -0.2) is 18.6 Å². The average molecular weight is 301 g/mol. The highest BCUT2D eigenvalue weighted by Crippen LogP contribution is 2.49. The first kappa shape index (κ1) is 15.4. The lowest BCUT2D eigenvalue weighted by molar-refractivity contribution is -0.122. The standard InChI is InChI=1S/C19H27NO2/c1-14(18-13-15-9-10-16(18)12-15)20-19(21)8-5-11-22-17-6-3-2-4-7-17/h2-4,6-7,14-16,18H,5,8-13H2,1H3,(H,20,21)/t14-,15+,16+,18+/m1/s1. The quantitative estimate of drug-likeness (QED) is 0.778. The normalized spacial score (nSPS) is 27.6. The fourth-order valence-electron chi connectivity index (χ4n) is 4.28. The van der Waals surface area contributed by atoms with E-state index in [1.807, 2.05) is 30.3 Å². The predicted octanol–water partition coefficient (Wildman–Crippen LogP) is 3.79. The van der Waals surface area contributed by atoms with Crippen LogP contribution in [0.3, 0.4) is 0 Å². The number of para-hydroxylation sites is 1. The molecule has 0 spiro atoms. The number of ether oxygens (including phenoxy) is 1. The van der Waals surface area contributed by atoms with E-state index in [2.05, 4.69) is 12.2 Å². The molecule has 2 bridgehead atoms. The number of carbonyl (C=O) groups is 1. The Kier molecular flexibility index (Phi) is 5.01. The minimum absolute atomic E-state index is 0.173. The molecule has 22 heavy (non-hydrogen) atoms. The second-order valence-electron chi connectivity index (χ2n) is 6.96. The van der Waals surface area contributed by atoms with Crippen LogP contribution in [0.5, 0.6) is 5.75 Å². The van der Waals surface area contributed by atoms with Gasteiger partial charge >= 0.3 is 0 Å². The van der Waals surface area contributed by atoms with Crippen molar-refractivity contribution >= 4 is 5.91 Å². The van der Waals surface area contributed by atoms with Gasteiger partial charge in [0.15, 0.2) is 0 Å². The fraction of sp³-hybridized carbons (Fsp3) is 0.632. The third kappa shape index (κ3) is 3.82. The summed E-state index contributed by atoms with van der Waals surface area (Å²) in [6, 6.07) is 10.1. The van der Waals surface area contributed by atoms with E-state index in [-0.39, 0.29) is 5.91 Å². The molecule has 4 atom stereocenters. The molecule has 2 aliphatic rings. The van der Waals surface area contributed by atoms with Crippen molar-refractivity contribution in [3.8, 4) is 5.75 Å². The molecule has 0 radical (unpaired) electrons. The Hall–Kier alpha value is -1.51. The molecule has 0 heterocycles. The van der Waals surface area contributed by atoms with Crippen molar-refractivity contribution in [3.05, 3.63) is 30.3 Å². The van der Waals surface area contributed by atoms with E-state index in [0.717, 1.165) is 24.0 Å². The van der Waals surface area contributed by atoms with Crippen LogP contribution in [0, 0.1) is 17.8 Å². The van der Waals surface area contributed by atoms with E-state index in [4.69, 9.17) is 4.74 Å². The smallest absolute Gasteiger partial charge is 0.220 e. The fourth-order valence-corrected chi connectivity index (χ4v) is 4.28. The molecule has 3 heteroatoms. The molecule has 2 fully saturated rings. The van der Waals surface area contributed by atoms with Gasteiger partial charge in [0.25, 0.3) is 0 Å². The molecular weight excluding hydrogens is 274 g/mol. The molecule has 3 rings (SSSR count). The Morgan fingerprint density at radius 2 is 2.09 bits per heavy atom. The van der Waals surface area contributed by atoms with Crippen LogP contribution in [0.2, 0.25) is 0 Å². The summed E-state index contributed by atoms with van der Waals surface area (Å²) in [5, 5.41) is 3.21. The predicted molar refractivity (Wildman–Crippen MR) is 87.7 cm³/mol. The highest BCUT2D eigenvalue weighted by Gasteiger charge is 2.41. The van der Waals surface area contributed by atoms with Crippen molar-refractivity contribution in [1.29, 1.82) is 0 Å². The van der Waals surface area contributed by atoms with Gasteiger partial charge < -0.3 is 10.1 Å². The van der Waals surface area contributed by atoms with Crippen LogP contribution in [0.25, 0.3) is 0 Å². The van der Waals surface area contributed by atoms with E-state index >= 15 is 0 Å². The zero-order chi connectivity index (χ0) is 15.4. The van der Waals surface area contributed by atoms with E-state index in [9.17, 15) is 4.79 Å². The zero-order valence-electron chi connectivity index (χ0n) is 13.5. The Labute approximate surface area is 133 Å². The van der Waals surface area contributed by atoms with Crippen molar-refractivity contribution in [3.63, 3.8) is 0 Å². The Morgan fingerprint density at radius 1 is 1.27 bits per heavy atom. The van der Waals surface area contributed by atoms with Crippen LogP contribution >= 0.6 is 0 Å². The Morgan fingerprint density at radius 3 is 2.77 bits per heavy atom. The van der Waals surface area contributed by atoms with Gasteiger partial charge in [0.05, 0.1) is 6.61 Å². The van der Waals surface area contributed by atoms with Crippen molar-refractivity contribution < 1.29 is 9.53 Å². The highest BCUT2D eigenvalue weighted by molar-refractivity contribution is 5.76. The summed E-state index contributed by atoms with van der Waals surface area (Å²) in [5.41, 5.74) is 0. The number of fused-ring (bicyclic) bond motifs is 2. The van der Waals surface area contributed by atoms with Gasteiger partial charge in [0.1, 0.15) is 5.75 Å². The summed E-state index contributed by atoms with van der Waals surface area (Å²) >= 11 is 0. The van der Waals surface area contributed by atoms with E-state index in [1.165, 1.54) is 25.7 Å². The van der Waals surface area contributed by atoms with Crippen LogP contribution in [0.4, 0.5) is 0 Å². The summed E-state index contributed by atoms with van der Waals surface area (Å²) in [7, 11) is 0. The molecule has 1 N–H and O–H groups in total. The van der Waals surface area contributed by atoms with Gasteiger partial charge in [0, 0.05) is 12.5 Å². The second kappa shape index (κ2) is 7.17. The molecule has 2 saturated carbocycles. The molecule has 1 aromatic rings. The Bertz CT molecular complexity index is 487. The van der Waals surface area contributed by atoms with Crippen LogP contribution in [0.15, 0.2) is 30.3 Å². The molecule has 0 aromatic heterocycles. The van der Waals surface area contributed by atoms with E-state index < -0.39 is 0 Å². The summed E-state index contributed by atoms with van der Waals surface area (Å²) in [4.78, 5) is 12.1. The van der Waals surface area contributed by atoms with Crippen molar-refractivity contribution in [2.75, 3.05) is 6.61 Å². The number of benzene rings is 1. The van der Waals surface area contributed by atoms with Gasteiger partial charge in [-0.3, -0.25) is 4.79 Å². The lowest BCUT2D eigenvalue weighted by Gasteiger charge is -2.28. The number of nitrogens with one attached hydrogen (secondary N) is 1. The van der Waals surface area contributed by atoms with Crippen molar-refractivity contribution in [1.82, 2.24) is 5.32 Å². The number of amides is 1. The summed E-state index contributed by atoms with van der Waals surface area (Å²) in [6.45, 7) is 2.78. The first-order chi connectivity index (χ1) is 10.7. The van der Waals surface area contributed by atoms with E-state index in [0.29, 0.717) is 25.0 Å². The first-order valence-corrected chi connectivity index (χ1v) is 8.69. The third-order valence-corrected chi connectivity index (χ3v) is 5.38. The maximum atomic E-state index is 12.1. The summed E-state index contributed by atoms with van der Waals surface area (Å²) in [6.07, 6.45) is 6.83. The molecule has 3 nitrogen and oxygen atoms in total. The molecule has 0 aliphatic heterocycles. The largest absolute Gasteiger partial charge is 0.494 e. The third-order valence-electron chi connectivity index (χ3n) is 5.38. The zero-order valence-corrected chi connectivity index (χ0v) is 13.5. The number of carbonyl (C=O) groups excluding carboxylic acids is 1. The maximum Gasteiger partial charge on any atom is 0.220 e. The Balaban J connectivity index is 1.32. The van der Waals surface area contributed by atoms with Gasteiger partial charge in [-0.1, -0.05) is 24.6 Å². The molecule has 1 amide bonds.